The first-order valence-corrected chi connectivity index (χ1v) is 9.19. The Morgan fingerprint density at radius 3 is 2.71 bits per heavy atom. The van der Waals surface area contributed by atoms with Gasteiger partial charge in [0.2, 0.25) is 0 Å². The van der Waals surface area contributed by atoms with Crippen LogP contribution in [-0.2, 0) is 4.74 Å². The molecule has 0 saturated heterocycles. The lowest BCUT2D eigenvalue weighted by Crippen LogP contribution is -2.55. The number of methoxy groups -OCH3 is 1. The van der Waals surface area contributed by atoms with Gasteiger partial charge in [-0.1, -0.05) is 31.9 Å². The molecule has 122 valence electrons. The second-order valence-corrected chi connectivity index (χ2v) is 7.22. The highest BCUT2D eigenvalue weighted by molar-refractivity contribution is 5.19. The molecule has 2 rings (SSSR count). The normalized spacial score (nSPS) is 32.3. The zero-order chi connectivity index (χ0) is 15.1. The summed E-state index contributed by atoms with van der Waals surface area (Å²) in [5.74, 6) is 0.864. The average molecular weight is 293 g/mol. The molecule has 2 nitrogen and oxygen atoms in total. The first kappa shape index (κ1) is 17.0. The number of ether oxygens (including phenoxy) is 1. The number of rotatable bonds is 6. The lowest BCUT2D eigenvalue weighted by Gasteiger charge is -2.45. The van der Waals surface area contributed by atoms with Gasteiger partial charge >= 0.3 is 0 Å². The van der Waals surface area contributed by atoms with Crippen LogP contribution in [0.25, 0.3) is 0 Å². The highest BCUT2D eigenvalue weighted by atomic mass is 16.5. The predicted octanol–water partition coefficient (Wildman–Crippen LogP) is 4.84. The molecule has 2 aliphatic rings. The summed E-state index contributed by atoms with van der Waals surface area (Å²) in [6, 6.07) is 0.438. The van der Waals surface area contributed by atoms with Gasteiger partial charge in [0.05, 0.1) is 11.6 Å². The highest BCUT2D eigenvalue weighted by Gasteiger charge is 2.42. The van der Waals surface area contributed by atoms with E-state index >= 15 is 0 Å². The van der Waals surface area contributed by atoms with E-state index in [-0.39, 0.29) is 5.60 Å². The van der Waals surface area contributed by atoms with Crippen molar-refractivity contribution in [3.63, 3.8) is 0 Å². The maximum Gasteiger partial charge on any atom is 0.0869 e. The standard InChI is InChI=1S/C19H35NO/c1-4-15-20-18(17-9-7-5-6-8-10-17)19(21-3)13-11-16(2)12-14-19/h9,16,18,20H,4-8,10-15H2,1-3H3. The fourth-order valence-corrected chi connectivity index (χ4v) is 4.11. The minimum absolute atomic E-state index is 0.0395. The monoisotopic (exact) mass is 293 g/mol. The van der Waals surface area contributed by atoms with Crippen molar-refractivity contribution in [1.82, 2.24) is 5.32 Å². The van der Waals surface area contributed by atoms with Gasteiger partial charge in [-0.25, -0.2) is 0 Å². The Morgan fingerprint density at radius 2 is 2.05 bits per heavy atom. The van der Waals surface area contributed by atoms with Crippen LogP contribution in [0.5, 0.6) is 0 Å². The van der Waals surface area contributed by atoms with Crippen molar-refractivity contribution < 1.29 is 4.74 Å². The van der Waals surface area contributed by atoms with Crippen molar-refractivity contribution in [2.24, 2.45) is 5.92 Å². The van der Waals surface area contributed by atoms with Crippen molar-refractivity contribution in [3.05, 3.63) is 11.6 Å². The van der Waals surface area contributed by atoms with Crippen LogP contribution in [0.15, 0.2) is 11.6 Å². The van der Waals surface area contributed by atoms with E-state index in [2.05, 4.69) is 25.2 Å². The van der Waals surface area contributed by atoms with E-state index in [1.165, 1.54) is 64.2 Å². The first-order valence-electron chi connectivity index (χ1n) is 9.19. The molecule has 0 heterocycles. The van der Waals surface area contributed by atoms with Gasteiger partial charge in [-0.15, -0.1) is 0 Å². The van der Waals surface area contributed by atoms with E-state index in [4.69, 9.17) is 4.74 Å². The summed E-state index contributed by atoms with van der Waals surface area (Å²) < 4.78 is 6.18. The first-order chi connectivity index (χ1) is 10.2. The van der Waals surface area contributed by atoms with Crippen LogP contribution in [0.4, 0.5) is 0 Å². The third-order valence-electron chi connectivity index (χ3n) is 5.60. The largest absolute Gasteiger partial charge is 0.376 e. The second-order valence-electron chi connectivity index (χ2n) is 7.22. The summed E-state index contributed by atoms with van der Waals surface area (Å²) in [4.78, 5) is 0. The molecular formula is C19H35NO. The molecule has 0 radical (unpaired) electrons. The van der Waals surface area contributed by atoms with Gasteiger partial charge in [0.25, 0.3) is 0 Å². The molecular weight excluding hydrogens is 258 g/mol. The highest BCUT2D eigenvalue weighted by Crippen LogP contribution is 2.40. The van der Waals surface area contributed by atoms with E-state index in [0.29, 0.717) is 6.04 Å². The zero-order valence-electron chi connectivity index (χ0n) is 14.4. The predicted molar refractivity (Wildman–Crippen MR) is 90.6 cm³/mol. The third-order valence-corrected chi connectivity index (χ3v) is 5.60. The Kier molecular flexibility index (Phi) is 6.75. The van der Waals surface area contributed by atoms with Gasteiger partial charge in [-0.2, -0.15) is 0 Å². The Hall–Kier alpha value is -0.340. The van der Waals surface area contributed by atoms with Crippen LogP contribution in [0, 0.1) is 5.92 Å². The van der Waals surface area contributed by atoms with Crippen molar-refractivity contribution in [2.45, 2.75) is 89.7 Å². The Labute approximate surface area is 131 Å². The molecule has 0 aliphatic heterocycles. The molecule has 21 heavy (non-hydrogen) atoms. The lowest BCUT2D eigenvalue weighted by molar-refractivity contribution is -0.0667. The Balaban J connectivity index is 2.17. The van der Waals surface area contributed by atoms with Crippen molar-refractivity contribution in [1.29, 1.82) is 0 Å². The molecule has 2 aliphatic carbocycles. The number of allylic oxidation sites excluding steroid dienone is 1. The van der Waals surface area contributed by atoms with E-state index in [1.807, 2.05) is 7.11 Å². The quantitative estimate of drug-likeness (QED) is 0.707. The van der Waals surface area contributed by atoms with Gasteiger partial charge in [0.1, 0.15) is 0 Å². The van der Waals surface area contributed by atoms with Crippen LogP contribution in [0.1, 0.15) is 78.1 Å². The van der Waals surface area contributed by atoms with E-state index in [9.17, 15) is 0 Å². The molecule has 2 heteroatoms. The number of hydrogen-bond acceptors (Lipinski definition) is 2. The second kappa shape index (κ2) is 8.33. The topological polar surface area (TPSA) is 21.3 Å². The molecule has 1 fully saturated rings. The molecule has 0 aromatic rings. The summed E-state index contributed by atoms with van der Waals surface area (Å²) in [6.45, 7) is 5.75. The maximum atomic E-state index is 6.18. The van der Waals surface area contributed by atoms with Gasteiger partial charge < -0.3 is 10.1 Å². The molecule has 1 N–H and O–H groups in total. The smallest absolute Gasteiger partial charge is 0.0869 e. The molecule has 0 bridgehead atoms. The maximum absolute atomic E-state index is 6.18. The lowest BCUT2D eigenvalue weighted by atomic mass is 9.72. The number of hydrogen-bond donors (Lipinski definition) is 1. The molecule has 1 atom stereocenters. The molecule has 0 aromatic heterocycles. The summed E-state index contributed by atoms with van der Waals surface area (Å²) in [7, 11) is 1.94. The zero-order valence-corrected chi connectivity index (χ0v) is 14.4. The van der Waals surface area contributed by atoms with Gasteiger partial charge in [0.15, 0.2) is 0 Å². The van der Waals surface area contributed by atoms with Gasteiger partial charge in [-0.05, 0) is 70.3 Å². The minimum Gasteiger partial charge on any atom is -0.376 e. The Bertz CT molecular complexity index is 328. The van der Waals surface area contributed by atoms with E-state index < -0.39 is 0 Å². The van der Waals surface area contributed by atoms with Crippen molar-refractivity contribution >= 4 is 0 Å². The third kappa shape index (κ3) is 4.32. The van der Waals surface area contributed by atoms with Crippen molar-refractivity contribution in [2.75, 3.05) is 13.7 Å². The molecule has 1 saturated carbocycles. The fourth-order valence-electron chi connectivity index (χ4n) is 4.11. The summed E-state index contributed by atoms with van der Waals surface area (Å²) in [5.41, 5.74) is 1.68. The SMILES string of the molecule is CCCNC(C1=CCCCCC1)C1(OC)CCC(C)CC1. The molecule has 0 aromatic carbocycles. The van der Waals surface area contributed by atoms with Crippen LogP contribution < -0.4 is 5.32 Å². The van der Waals surface area contributed by atoms with Crippen LogP contribution in [-0.4, -0.2) is 25.3 Å². The summed E-state index contributed by atoms with van der Waals surface area (Å²) in [6.07, 6.45) is 15.4. The van der Waals surface area contributed by atoms with E-state index in [1.54, 1.807) is 5.57 Å². The Morgan fingerprint density at radius 1 is 1.29 bits per heavy atom. The summed E-state index contributed by atoms with van der Waals surface area (Å²) >= 11 is 0. The number of nitrogens with one attached hydrogen (secondary N) is 1. The van der Waals surface area contributed by atoms with E-state index in [0.717, 1.165) is 12.5 Å². The van der Waals surface area contributed by atoms with Crippen LogP contribution >= 0.6 is 0 Å². The van der Waals surface area contributed by atoms with Crippen LogP contribution in [0.2, 0.25) is 0 Å². The molecule has 1 unspecified atom stereocenters. The fraction of sp³-hybridized carbons (Fsp3) is 0.895. The minimum atomic E-state index is 0.0395. The van der Waals surface area contributed by atoms with Gasteiger partial charge in [0, 0.05) is 7.11 Å². The molecule has 0 amide bonds. The van der Waals surface area contributed by atoms with Crippen LogP contribution in [0.3, 0.4) is 0 Å². The molecule has 0 spiro atoms. The van der Waals surface area contributed by atoms with Crippen molar-refractivity contribution in [3.8, 4) is 0 Å². The average Bonchev–Trinajstić information content (AvgIpc) is 2.79. The van der Waals surface area contributed by atoms with Gasteiger partial charge in [-0.3, -0.25) is 0 Å². The summed E-state index contributed by atoms with van der Waals surface area (Å²) in [5, 5.41) is 3.85.